The van der Waals surface area contributed by atoms with Crippen LogP contribution in [0, 0.1) is 0 Å². The predicted octanol–water partition coefficient (Wildman–Crippen LogP) is 7.61. The standard InChI is InChI=1S/C42H72O12S/c1-3-5-7-9-11-13-15-17-18-19-21-23-25-27-29-31-38(44)53-35(33-52-42-41(47)40(46)39(45)36(54-42)34-55(48,49)50)32-51-37(43)30-28-26-24-22-20-16-14-12-10-8-6-4-2/h5,7,9,11,13,15,17-18,35-36,39-42,45-47H,3-4,6,8,10,12,14,16,19-34H2,1-2H3,(H,48,49,50)/b7-5+,11-9+,15-13+,18-17+/t35-,36-,39-,40?,41?,42+/m1/s1. The van der Waals surface area contributed by atoms with Gasteiger partial charge in [-0.25, -0.2) is 0 Å². The number of rotatable bonds is 33. The van der Waals surface area contributed by atoms with E-state index in [0.717, 1.165) is 57.8 Å². The lowest BCUT2D eigenvalue weighted by atomic mass is 10.00. The minimum Gasteiger partial charge on any atom is -0.462 e. The van der Waals surface area contributed by atoms with E-state index in [9.17, 15) is 37.9 Å². The van der Waals surface area contributed by atoms with E-state index < -0.39 is 71.2 Å². The van der Waals surface area contributed by atoms with Gasteiger partial charge in [-0.3, -0.25) is 14.1 Å². The zero-order chi connectivity index (χ0) is 40.6. The number of aliphatic hydroxyl groups excluding tert-OH is 3. The fourth-order valence-corrected chi connectivity index (χ4v) is 6.73. The number of hydrogen-bond acceptors (Lipinski definition) is 11. The van der Waals surface area contributed by atoms with Gasteiger partial charge in [0.15, 0.2) is 12.4 Å². The summed E-state index contributed by atoms with van der Waals surface area (Å²) in [6, 6.07) is 0. The lowest BCUT2D eigenvalue weighted by molar-refractivity contribution is -0.297. The zero-order valence-corrected chi connectivity index (χ0v) is 34.3. The van der Waals surface area contributed by atoms with Gasteiger partial charge < -0.3 is 34.3 Å². The Kier molecular flexibility index (Phi) is 30.1. The third kappa shape index (κ3) is 27.8. The molecule has 318 valence electrons. The van der Waals surface area contributed by atoms with Gasteiger partial charge in [0.2, 0.25) is 0 Å². The highest BCUT2D eigenvalue weighted by Gasteiger charge is 2.46. The second kappa shape index (κ2) is 32.7. The molecule has 1 saturated heterocycles. The van der Waals surface area contributed by atoms with Crippen LogP contribution in [-0.2, 0) is 38.7 Å². The van der Waals surface area contributed by atoms with Crippen LogP contribution >= 0.6 is 0 Å². The SMILES string of the molecule is CC/C=C/C=C/C=C/C=C/CCCCCCCC(=O)O[C@H](COC(=O)CCCCCCCCCCCCCC)CO[C@H]1O[C@H](CS(=O)(=O)O)[C@@H](O)C(O)C1O. The first-order chi connectivity index (χ1) is 26.5. The minimum atomic E-state index is -4.60. The number of esters is 2. The molecule has 6 atom stereocenters. The summed E-state index contributed by atoms with van der Waals surface area (Å²) in [6.45, 7) is 3.58. The van der Waals surface area contributed by atoms with Gasteiger partial charge in [-0.05, 0) is 32.1 Å². The number of hydrogen-bond donors (Lipinski definition) is 4. The van der Waals surface area contributed by atoms with E-state index in [2.05, 4.69) is 26.0 Å². The Balaban J connectivity index is 2.52. The number of ether oxygens (including phenoxy) is 4. The molecule has 2 unspecified atom stereocenters. The second-order valence-corrected chi connectivity index (χ2v) is 15.9. The summed E-state index contributed by atoms with van der Waals surface area (Å²) in [5, 5.41) is 30.8. The Morgan fingerprint density at radius 1 is 0.636 bits per heavy atom. The lowest BCUT2D eigenvalue weighted by Crippen LogP contribution is -2.60. The molecule has 0 spiro atoms. The van der Waals surface area contributed by atoms with Crippen molar-refractivity contribution in [3.63, 3.8) is 0 Å². The molecule has 0 aromatic rings. The van der Waals surface area contributed by atoms with Gasteiger partial charge in [-0.2, -0.15) is 8.42 Å². The molecule has 0 aliphatic carbocycles. The molecule has 1 aliphatic rings. The van der Waals surface area contributed by atoms with Crippen molar-refractivity contribution in [2.75, 3.05) is 19.0 Å². The van der Waals surface area contributed by atoms with Gasteiger partial charge >= 0.3 is 11.9 Å². The Bertz CT molecular complexity index is 1210. The maximum Gasteiger partial charge on any atom is 0.306 e. The van der Waals surface area contributed by atoms with Crippen LogP contribution in [0.4, 0.5) is 0 Å². The Morgan fingerprint density at radius 3 is 1.71 bits per heavy atom. The van der Waals surface area contributed by atoms with Gasteiger partial charge in [0.25, 0.3) is 10.1 Å². The largest absolute Gasteiger partial charge is 0.462 e. The fraction of sp³-hybridized carbons (Fsp3) is 0.762. The summed E-state index contributed by atoms with van der Waals surface area (Å²) >= 11 is 0. The van der Waals surface area contributed by atoms with Gasteiger partial charge in [-0.1, -0.05) is 152 Å². The van der Waals surface area contributed by atoms with Crippen LogP contribution in [0.25, 0.3) is 0 Å². The van der Waals surface area contributed by atoms with E-state index >= 15 is 0 Å². The first-order valence-electron chi connectivity index (χ1n) is 20.7. The first-order valence-corrected chi connectivity index (χ1v) is 22.4. The summed E-state index contributed by atoms with van der Waals surface area (Å²) in [6.07, 6.45) is 27.3. The normalized spacial score (nSPS) is 21.3. The summed E-state index contributed by atoms with van der Waals surface area (Å²) in [5.74, 6) is -2.02. The summed E-state index contributed by atoms with van der Waals surface area (Å²) in [5.41, 5.74) is 0. The topological polar surface area (TPSA) is 186 Å². The van der Waals surface area contributed by atoms with Crippen molar-refractivity contribution >= 4 is 22.1 Å². The average molecular weight is 801 g/mol. The maximum atomic E-state index is 12.8. The Labute approximate surface area is 331 Å². The molecule has 0 amide bonds. The van der Waals surface area contributed by atoms with Crippen LogP contribution < -0.4 is 0 Å². The third-order valence-electron chi connectivity index (χ3n) is 9.27. The molecule has 1 fully saturated rings. The van der Waals surface area contributed by atoms with Crippen molar-refractivity contribution in [2.45, 2.75) is 185 Å². The van der Waals surface area contributed by atoms with Crippen LogP contribution in [-0.4, -0.2) is 96.0 Å². The number of unbranched alkanes of at least 4 members (excludes halogenated alkanes) is 16. The molecule has 0 saturated carbocycles. The van der Waals surface area contributed by atoms with E-state index in [1.165, 1.54) is 51.4 Å². The summed E-state index contributed by atoms with van der Waals surface area (Å²) in [7, 11) is -4.60. The minimum absolute atomic E-state index is 0.138. The smallest absolute Gasteiger partial charge is 0.306 e. The molecule has 13 heteroatoms. The molecule has 0 bridgehead atoms. The summed E-state index contributed by atoms with van der Waals surface area (Å²) < 4.78 is 53.9. The van der Waals surface area contributed by atoms with Crippen LogP contribution in [0.5, 0.6) is 0 Å². The monoisotopic (exact) mass is 800 g/mol. The lowest BCUT2D eigenvalue weighted by Gasteiger charge is -2.40. The molecule has 12 nitrogen and oxygen atoms in total. The van der Waals surface area contributed by atoms with Gasteiger partial charge in [0.1, 0.15) is 36.8 Å². The molecule has 1 rings (SSSR count). The van der Waals surface area contributed by atoms with Crippen molar-refractivity contribution in [3.05, 3.63) is 48.6 Å². The Morgan fingerprint density at radius 2 is 1.15 bits per heavy atom. The molecule has 4 N–H and O–H groups in total. The van der Waals surface area contributed by atoms with E-state index in [-0.39, 0.29) is 19.4 Å². The van der Waals surface area contributed by atoms with E-state index in [0.29, 0.717) is 12.8 Å². The number of carbonyl (C=O) groups excluding carboxylic acids is 2. The number of allylic oxidation sites excluding steroid dienone is 8. The summed E-state index contributed by atoms with van der Waals surface area (Å²) in [4.78, 5) is 25.3. The molecule has 0 aromatic carbocycles. The van der Waals surface area contributed by atoms with Gasteiger partial charge in [-0.15, -0.1) is 0 Å². The quantitative estimate of drug-likeness (QED) is 0.0221. The molecule has 0 aromatic heterocycles. The highest BCUT2D eigenvalue weighted by Crippen LogP contribution is 2.24. The van der Waals surface area contributed by atoms with Crippen molar-refractivity contribution in [3.8, 4) is 0 Å². The van der Waals surface area contributed by atoms with Crippen molar-refractivity contribution in [1.82, 2.24) is 0 Å². The molecule has 55 heavy (non-hydrogen) atoms. The van der Waals surface area contributed by atoms with Crippen LogP contribution in [0.3, 0.4) is 0 Å². The molecular formula is C42H72O12S. The molecular weight excluding hydrogens is 729 g/mol. The second-order valence-electron chi connectivity index (χ2n) is 14.4. The van der Waals surface area contributed by atoms with Crippen LogP contribution in [0.15, 0.2) is 48.6 Å². The van der Waals surface area contributed by atoms with Crippen molar-refractivity contribution in [1.29, 1.82) is 0 Å². The molecule has 0 radical (unpaired) electrons. The highest BCUT2D eigenvalue weighted by atomic mass is 32.2. The number of carbonyl (C=O) groups is 2. The van der Waals surface area contributed by atoms with Crippen molar-refractivity contribution < 1.29 is 56.8 Å². The van der Waals surface area contributed by atoms with E-state index in [1.807, 2.05) is 36.5 Å². The molecule has 1 heterocycles. The molecule has 1 aliphatic heterocycles. The van der Waals surface area contributed by atoms with Crippen LogP contribution in [0.2, 0.25) is 0 Å². The highest BCUT2D eigenvalue weighted by molar-refractivity contribution is 7.85. The van der Waals surface area contributed by atoms with Gasteiger partial charge in [0.05, 0.1) is 6.61 Å². The predicted molar refractivity (Wildman–Crippen MR) is 215 cm³/mol. The first kappa shape index (κ1) is 50.6. The fourth-order valence-electron chi connectivity index (χ4n) is 6.04. The zero-order valence-electron chi connectivity index (χ0n) is 33.5. The van der Waals surface area contributed by atoms with E-state index in [4.69, 9.17) is 18.9 Å². The van der Waals surface area contributed by atoms with Crippen molar-refractivity contribution in [2.24, 2.45) is 0 Å². The third-order valence-corrected chi connectivity index (χ3v) is 10.0. The maximum absolute atomic E-state index is 12.8. The van der Waals surface area contributed by atoms with E-state index in [1.54, 1.807) is 0 Å². The van der Waals surface area contributed by atoms with Crippen LogP contribution in [0.1, 0.15) is 149 Å². The van der Waals surface area contributed by atoms with Gasteiger partial charge in [0, 0.05) is 12.8 Å². The Hall–Kier alpha value is -2.39. The average Bonchev–Trinajstić information content (AvgIpc) is 3.14. The number of aliphatic hydroxyl groups is 3.